The van der Waals surface area contributed by atoms with Crippen molar-refractivity contribution in [1.82, 2.24) is 0 Å². The second-order valence-electron chi connectivity index (χ2n) is 7.81. The van der Waals surface area contributed by atoms with Crippen molar-refractivity contribution in [2.75, 3.05) is 11.5 Å². The minimum Gasteiger partial charge on any atom is -0.508 e. The molecule has 148 valence electrons. The maximum atomic E-state index is 9.77. The Morgan fingerprint density at radius 2 is 1.43 bits per heavy atom. The SMILES string of the molecule is CCC1C(C)C(=C(c2ccc(O)cc2)c2ccc(O)cc2)CCC12SCCS2. The van der Waals surface area contributed by atoms with E-state index in [0.717, 1.165) is 17.5 Å². The second-order valence-corrected chi connectivity index (χ2v) is 10.9. The summed E-state index contributed by atoms with van der Waals surface area (Å²) >= 11 is 4.37. The van der Waals surface area contributed by atoms with Crippen LogP contribution in [0.25, 0.3) is 5.57 Å². The topological polar surface area (TPSA) is 40.5 Å². The fourth-order valence-corrected chi connectivity index (χ4v) is 8.84. The third-order valence-electron chi connectivity index (χ3n) is 6.31. The first kappa shape index (κ1) is 19.8. The summed E-state index contributed by atoms with van der Waals surface area (Å²) in [6, 6.07) is 15.1. The number of allylic oxidation sites excluding steroid dienone is 1. The van der Waals surface area contributed by atoms with Crippen LogP contribution in [0.2, 0.25) is 0 Å². The lowest BCUT2D eigenvalue weighted by molar-refractivity contribution is 0.306. The summed E-state index contributed by atoms with van der Waals surface area (Å²) in [6.45, 7) is 4.75. The number of rotatable bonds is 3. The number of phenolic OH excluding ortho intramolecular Hbond substituents is 2. The zero-order valence-corrected chi connectivity index (χ0v) is 18.2. The number of hydrogen-bond acceptors (Lipinski definition) is 4. The molecule has 0 radical (unpaired) electrons. The normalized spacial score (nSPS) is 23.9. The summed E-state index contributed by atoms with van der Waals surface area (Å²) in [4.78, 5) is 0. The first-order chi connectivity index (χ1) is 13.5. The molecule has 1 aliphatic heterocycles. The molecule has 4 heteroatoms. The molecule has 1 heterocycles. The Morgan fingerprint density at radius 1 is 0.929 bits per heavy atom. The van der Waals surface area contributed by atoms with Crippen LogP contribution in [-0.4, -0.2) is 25.8 Å². The van der Waals surface area contributed by atoms with E-state index in [0.29, 0.717) is 27.4 Å². The number of aromatic hydroxyl groups is 2. The zero-order chi connectivity index (χ0) is 19.7. The van der Waals surface area contributed by atoms with Gasteiger partial charge in [0.25, 0.3) is 0 Å². The van der Waals surface area contributed by atoms with Gasteiger partial charge >= 0.3 is 0 Å². The van der Waals surface area contributed by atoms with Crippen LogP contribution in [0.15, 0.2) is 54.1 Å². The molecule has 2 atom stereocenters. The highest BCUT2D eigenvalue weighted by Crippen LogP contribution is 2.60. The van der Waals surface area contributed by atoms with Crippen molar-refractivity contribution in [2.24, 2.45) is 11.8 Å². The Bertz CT molecular complexity index is 802. The molecule has 0 aromatic heterocycles. The molecule has 1 aliphatic carbocycles. The average Bonchev–Trinajstić information content (AvgIpc) is 3.16. The van der Waals surface area contributed by atoms with Crippen molar-refractivity contribution in [2.45, 2.75) is 37.2 Å². The van der Waals surface area contributed by atoms with Gasteiger partial charge in [-0.15, -0.1) is 23.5 Å². The van der Waals surface area contributed by atoms with Gasteiger partial charge in [-0.1, -0.05) is 50.1 Å². The number of hydrogen-bond donors (Lipinski definition) is 2. The molecular formula is C24H28O2S2. The highest BCUT2D eigenvalue weighted by Gasteiger charge is 2.48. The predicted octanol–water partition coefficient (Wildman–Crippen LogP) is 6.53. The molecule has 0 bridgehead atoms. The first-order valence-corrected chi connectivity index (χ1v) is 12.1. The van der Waals surface area contributed by atoms with E-state index >= 15 is 0 Å². The molecule has 2 fully saturated rings. The quantitative estimate of drug-likeness (QED) is 0.601. The third-order valence-corrected chi connectivity index (χ3v) is 10.1. The first-order valence-electron chi connectivity index (χ1n) is 10.1. The molecule has 28 heavy (non-hydrogen) atoms. The van der Waals surface area contributed by atoms with Gasteiger partial charge in [-0.2, -0.15) is 0 Å². The van der Waals surface area contributed by atoms with Gasteiger partial charge in [-0.25, -0.2) is 0 Å². The maximum absolute atomic E-state index is 9.77. The van der Waals surface area contributed by atoms with Crippen molar-refractivity contribution in [1.29, 1.82) is 0 Å². The van der Waals surface area contributed by atoms with Crippen LogP contribution in [0.1, 0.15) is 44.2 Å². The molecule has 1 saturated heterocycles. The van der Waals surface area contributed by atoms with E-state index < -0.39 is 0 Å². The highest BCUT2D eigenvalue weighted by atomic mass is 32.2. The lowest BCUT2D eigenvalue weighted by atomic mass is 9.71. The smallest absolute Gasteiger partial charge is 0.115 e. The Labute approximate surface area is 176 Å². The van der Waals surface area contributed by atoms with Gasteiger partial charge in [0.15, 0.2) is 0 Å². The van der Waals surface area contributed by atoms with Crippen molar-refractivity contribution < 1.29 is 10.2 Å². The Hall–Kier alpha value is -1.52. The van der Waals surface area contributed by atoms with Gasteiger partial charge in [0, 0.05) is 11.5 Å². The van der Waals surface area contributed by atoms with E-state index in [1.165, 1.54) is 35.5 Å². The zero-order valence-electron chi connectivity index (χ0n) is 16.5. The summed E-state index contributed by atoms with van der Waals surface area (Å²) in [5.74, 6) is 4.30. The fourth-order valence-electron chi connectivity index (χ4n) is 4.99. The van der Waals surface area contributed by atoms with Gasteiger partial charge in [0.2, 0.25) is 0 Å². The van der Waals surface area contributed by atoms with Crippen molar-refractivity contribution in [3.63, 3.8) is 0 Å². The summed E-state index contributed by atoms with van der Waals surface area (Å²) in [5.41, 5.74) is 5.07. The van der Waals surface area contributed by atoms with E-state index in [-0.39, 0.29) is 0 Å². The van der Waals surface area contributed by atoms with E-state index in [1.54, 1.807) is 24.3 Å². The Balaban J connectivity index is 1.83. The van der Waals surface area contributed by atoms with E-state index in [2.05, 4.69) is 37.4 Å². The third kappa shape index (κ3) is 3.57. The van der Waals surface area contributed by atoms with E-state index in [1.807, 2.05) is 24.3 Å². The molecule has 2 aromatic carbocycles. The Morgan fingerprint density at radius 3 is 1.89 bits per heavy atom. The molecular weight excluding hydrogens is 384 g/mol. The molecule has 2 N–H and O–H groups in total. The van der Waals surface area contributed by atoms with Crippen LogP contribution in [0.5, 0.6) is 11.5 Å². The number of thioether (sulfide) groups is 2. The van der Waals surface area contributed by atoms with Crippen molar-refractivity contribution >= 4 is 29.1 Å². The van der Waals surface area contributed by atoms with Gasteiger partial charge in [0.1, 0.15) is 11.5 Å². The monoisotopic (exact) mass is 412 g/mol. The number of phenols is 2. The van der Waals surface area contributed by atoms with Crippen LogP contribution in [0, 0.1) is 11.8 Å². The summed E-state index contributed by atoms with van der Waals surface area (Å²) in [7, 11) is 0. The van der Waals surface area contributed by atoms with E-state index in [9.17, 15) is 10.2 Å². The van der Waals surface area contributed by atoms with Gasteiger partial charge in [-0.05, 0) is 65.6 Å². The van der Waals surface area contributed by atoms with Crippen LogP contribution in [-0.2, 0) is 0 Å². The molecule has 2 nitrogen and oxygen atoms in total. The summed E-state index contributed by atoms with van der Waals surface area (Å²) < 4.78 is 0.382. The van der Waals surface area contributed by atoms with Crippen LogP contribution in [0.4, 0.5) is 0 Å². The van der Waals surface area contributed by atoms with Crippen molar-refractivity contribution in [3.8, 4) is 11.5 Å². The van der Waals surface area contributed by atoms with Crippen LogP contribution < -0.4 is 0 Å². The van der Waals surface area contributed by atoms with Crippen LogP contribution >= 0.6 is 23.5 Å². The van der Waals surface area contributed by atoms with E-state index in [4.69, 9.17) is 0 Å². The molecule has 1 saturated carbocycles. The molecule has 2 aromatic rings. The second kappa shape index (κ2) is 8.08. The Kier molecular flexibility index (Phi) is 5.71. The van der Waals surface area contributed by atoms with Crippen molar-refractivity contribution in [3.05, 3.63) is 65.2 Å². The number of benzene rings is 2. The molecule has 0 amide bonds. The predicted molar refractivity (Wildman–Crippen MR) is 122 cm³/mol. The maximum Gasteiger partial charge on any atom is 0.115 e. The standard InChI is InChI=1S/C24H28O2S2/c1-3-22-16(2)21(12-13-24(22)27-14-15-28-24)23(17-4-8-19(25)9-5-17)18-6-10-20(26)11-7-18/h4-11,16,22,25-26H,3,12-15H2,1-2H3. The summed E-state index contributed by atoms with van der Waals surface area (Å²) in [6.07, 6.45) is 3.53. The average molecular weight is 413 g/mol. The molecule has 2 aliphatic rings. The fraction of sp³-hybridized carbons (Fsp3) is 0.417. The lowest BCUT2D eigenvalue weighted by Crippen LogP contribution is -2.38. The van der Waals surface area contributed by atoms with Crippen LogP contribution in [0.3, 0.4) is 0 Å². The minimum absolute atomic E-state index is 0.291. The highest BCUT2D eigenvalue weighted by molar-refractivity contribution is 8.21. The minimum atomic E-state index is 0.291. The largest absolute Gasteiger partial charge is 0.508 e. The van der Waals surface area contributed by atoms with Gasteiger partial charge in [0.05, 0.1) is 4.08 Å². The van der Waals surface area contributed by atoms with Gasteiger partial charge < -0.3 is 10.2 Å². The van der Waals surface area contributed by atoms with Gasteiger partial charge in [-0.3, -0.25) is 0 Å². The molecule has 2 unspecified atom stereocenters. The summed E-state index contributed by atoms with van der Waals surface area (Å²) in [5, 5.41) is 19.5. The molecule has 4 rings (SSSR count). The lowest BCUT2D eigenvalue weighted by Gasteiger charge is -2.45. The molecule has 1 spiro atoms.